The van der Waals surface area contributed by atoms with E-state index in [9.17, 15) is 4.79 Å². The Hall–Kier alpha value is -2.45. The number of aliphatic carboxylic acids is 1. The van der Waals surface area contributed by atoms with Gasteiger partial charge in [0.25, 0.3) is 0 Å². The number of thioether (sulfide) groups is 1. The van der Waals surface area contributed by atoms with Crippen molar-refractivity contribution in [2.75, 3.05) is 19.0 Å². The second-order valence-electron chi connectivity index (χ2n) is 6.53. The lowest BCUT2D eigenvalue weighted by Crippen LogP contribution is -2.09. The molecule has 1 N–H and O–H groups in total. The lowest BCUT2D eigenvalue weighted by atomic mass is 9.98. The van der Waals surface area contributed by atoms with Crippen LogP contribution in [0.25, 0.3) is 5.57 Å². The summed E-state index contributed by atoms with van der Waals surface area (Å²) in [5.41, 5.74) is 3.48. The Labute approximate surface area is 200 Å². The van der Waals surface area contributed by atoms with Crippen molar-refractivity contribution in [1.29, 1.82) is 0 Å². The second-order valence-corrected chi connectivity index (χ2v) is 8.75. The van der Waals surface area contributed by atoms with E-state index < -0.39 is 5.97 Å². The van der Waals surface area contributed by atoms with E-state index >= 15 is 0 Å². The Kier molecular flexibility index (Phi) is 8.85. The third kappa shape index (κ3) is 7.04. The Morgan fingerprint density at radius 3 is 2.29 bits per heavy atom. The van der Waals surface area contributed by atoms with Crippen molar-refractivity contribution in [3.05, 3.63) is 93.6 Å². The Bertz CT molecular complexity index is 1030. The Morgan fingerprint density at radius 1 is 0.968 bits per heavy atom. The van der Waals surface area contributed by atoms with Gasteiger partial charge < -0.3 is 14.6 Å². The molecule has 0 spiro atoms. The van der Waals surface area contributed by atoms with E-state index in [1.807, 2.05) is 55.5 Å². The van der Waals surface area contributed by atoms with Crippen molar-refractivity contribution in [2.24, 2.45) is 0 Å². The maximum atomic E-state index is 10.7. The van der Waals surface area contributed by atoms with Gasteiger partial charge in [-0.05, 0) is 76.5 Å². The second kappa shape index (κ2) is 11.8. The summed E-state index contributed by atoms with van der Waals surface area (Å²) in [7, 11) is 0. The fourth-order valence-corrected chi connectivity index (χ4v) is 4.71. The van der Waals surface area contributed by atoms with E-state index in [-0.39, 0.29) is 6.61 Å². The average Bonchev–Trinajstić information content (AvgIpc) is 2.78. The third-order valence-corrected chi connectivity index (χ3v) is 6.61. The number of benzene rings is 3. The van der Waals surface area contributed by atoms with Crippen molar-refractivity contribution in [1.82, 2.24) is 0 Å². The summed E-state index contributed by atoms with van der Waals surface area (Å²) in [6.45, 7) is 2.29. The lowest BCUT2D eigenvalue weighted by molar-refractivity contribution is -0.139. The highest BCUT2D eigenvalue weighted by atomic mass is 127. The topological polar surface area (TPSA) is 55.8 Å². The molecule has 3 rings (SSSR count). The minimum absolute atomic E-state index is 0.339. The maximum Gasteiger partial charge on any atom is 0.341 e. The molecule has 0 amide bonds. The van der Waals surface area contributed by atoms with Crippen LogP contribution in [-0.2, 0) is 4.79 Å². The number of hydrogen-bond acceptors (Lipinski definition) is 4. The van der Waals surface area contributed by atoms with Gasteiger partial charge >= 0.3 is 5.97 Å². The molecular weight excluding hydrogens is 523 g/mol. The number of carbonyl (C=O) groups is 1. The molecule has 3 aromatic carbocycles. The van der Waals surface area contributed by atoms with Gasteiger partial charge in [0.15, 0.2) is 6.61 Å². The fraction of sp³-hybridized carbons (Fsp3) is 0.160. The van der Waals surface area contributed by atoms with Crippen LogP contribution in [0, 0.1) is 3.57 Å². The molecule has 0 unspecified atom stereocenters. The lowest BCUT2D eigenvalue weighted by Gasteiger charge is -2.11. The number of halogens is 1. The predicted molar refractivity (Wildman–Crippen MR) is 134 cm³/mol. The van der Waals surface area contributed by atoms with Crippen molar-refractivity contribution in [3.63, 3.8) is 0 Å². The van der Waals surface area contributed by atoms with Crippen LogP contribution >= 0.6 is 34.4 Å². The van der Waals surface area contributed by atoms with Crippen LogP contribution in [-0.4, -0.2) is 30.0 Å². The monoisotopic (exact) mass is 546 g/mol. The molecule has 3 aromatic rings. The van der Waals surface area contributed by atoms with Crippen LogP contribution in [0.15, 0.2) is 83.8 Å². The number of carboxylic acid groups (broad SMARTS) is 1. The largest absolute Gasteiger partial charge is 0.494 e. The van der Waals surface area contributed by atoms with E-state index in [4.69, 9.17) is 14.6 Å². The Balaban J connectivity index is 1.76. The molecule has 0 fully saturated rings. The zero-order valence-electron chi connectivity index (χ0n) is 17.1. The first kappa shape index (κ1) is 23.2. The van der Waals surface area contributed by atoms with Crippen LogP contribution < -0.4 is 9.47 Å². The minimum Gasteiger partial charge on any atom is -0.494 e. The highest BCUT2D eigenvalue weighted by Crippen LogP contribution is 2.31. The molecule has 31 heavy (non-hydrogen) atoms. The summed E-state index contributed by atoms with van der Waals surface area (Å²) in [5, 5.41) is 8.75. The number of ether oxygens (including phenoxy) is 2. The molecule has 0 aromatic heterocycles. The van der Waals surface area contributed by atoms with Crippen molar-refractivity contribution < 1.29 is 19.4 Å². The van der Waals surface area contributed by atoms with Crippen LogP contribution in [0.1, 0.15) is 18.1 Å². The average molecular weight is 546 g/mol. The number of hydrogen-bond donors (Lipinski definition) is 1. The molecule has 0 aliphatic carbocycles. The maximum absolute atomic E-state index is 10.7. The molecule has 160 valence electrons. The first-order chi connectivity index (χ1) is 15.1. The van der Waals surface area contributed by atoms with Gasteiger partial charge in [-0.25, -0.2) is 4.79 Å². The van der Waals surface area contributed by atoms with E-state index in [1.165, 1.54) is 11.1 Å². The van der Waals surface area contributed by atoms with Gasteiger partial charge in [0, 0.05) is 14.2 Å². The van der Waals surface area contributed by atoms with Crippen LogP contribution in [0.3, 0.4) is 0 Å². The molecule has 0 aliphatic rings. The highest BCUT2D eigenvalue weighted by molar-refractivity contribution is 14.1. The molecule has 0 bridgehead atoms. The van der Waals surface area contributed by atoms with Gasteiger partial charge in [-0.15, -0.1) is 11.8 Å². The van der Waals surface area contributed by atoms with E-state index in [2.05, 4.69) is 52.9 Å². The van der Waals surface area contributed by atoms with E-state index in [0.717, 1.165) is 25.5 Å². The van der Waals surface area contributed by atoms with Crippen LogP contribution in [0.2, 0.25) is 0 Å². The summed E-state index contributed by atoms with van der Waals surface area (Å²) < 4.78 is 11.9. The molecule has 0 saturated heterocycles. The molecule has 4 nitrogen and oxygen atoms in total. The van der Waals surface area contributed by atoms with Crippen molar-refractivity contribution in [3.8, 4) is 11.5 Å². The van der Waals surface area contributed by atoms with Crippen LogP contribution in [0.5, 0.6) is 11.5 Å². The zero-order chi connectivity index (χ0) is 22.1. The molecule has 0 heterocycles. The standard InChI is InChI=1S/C25H23IO4S/c1-2-29-20-10-8-19(9-11-20)22(18-6-4-3-5-7-18)14-15-31-24-13-12-21(16-23(24)26)30-17-25(27)28/h3-14,16H,2,15,17H2,1H3,(H,27,28). The van der Waals surface area contributed by atoms with Gasteiger partial charge in [0.2, 0.25) is 0 Å². The summed E-state index contributed by atoms with van der Waals surface area (Å²) >= 11 is 3.98. The molecule has 0 atom stereocenters. The smallest absolute Gasteiger partial charge is 0.341 e. The summed E-state index contributed by atoms with van der Waals surface area (Å²) in [5.74, 6) is 1.24. The summed E-state index contributed by atoms with van der Waals surface area (Å²) in [6, 6.07) is 24.2. The summed E-state index contributed by atoms with van der Waals surface area (Å²) in [4.78, 5) is 11.8. The number of rotatable bonds is 10. The van der Waals surface area contributed by atoms with Gasteiger partial charge in [0.05, 0.1) is 6.61 Å². The number of carboxylic acids is 1. The van der Waals surface area contributed by atoms with Gasteiger partial charge in [0.1, 0.15) is 11.5 Å². The van der Waals surface area contributed by atoms with Gasteiger partial charge in [-0.2, -0.15) is 0 Å². The molecule has 0 radical (unpaired) electrons. The van der Waals surface area contributed by atoms with Crippen LogP contribution in [0.4, 0.5) is 0 Å². The first-order valence-electron chi connectivity index (χ1n) is 9.82. The van der Waals surface area contributed by atoms with E-state index in [1.54, 1.807) is 11.8 Å². The van der Waals surface area contributed by atoms with E-state index in [0.29, 0.717) is 12.4 Å². The highest BCUT2D eigenvalue weighted by Gasteiger charge is 2.08. The zero-order valence-corrected chi connectivity index (χ0v) is 20.1. The van der Waals surface area contributed by atoms with Crippen molar-refractivity contribution >= 4 is 45.9 Å². The normalized spacial score (nSPS) is 11.2. The van der Waals surface area contributed by atoms with Crippen molar-refractivity contribution in [2.45, 2.75) is 11.8 Å². The quantitative estimate of drug-likeness (QED) is 0.236. The third-order valence-electron chi connectivity index (χ3n) is 4.35. The van der Waals surface area contributed by atoms with Gasteiger partial charge in [-0.3, -0.25) is 0 Å². The predicted octanol–water partition coefficient (Wildman–Crippen LogP) is 6.38. The molecule has 0 aliphatic heterocycles. The van der Waals surface area contributed by atoms with Gasteiger partial charge in [-0.1, -0.05) is 48.5 Å². The summed E-state index contributed by atoms with van der Waals surface area (Å²) in [6.07, 6.45) is 2.24. The molecule has 6 heteroatoms. The minimum atomic E-state index is -0.985. The molecule has 0 saturated carbocycles. The Morgan fingerprint density at radius 2 is 1.65 bits per heavy atom. The SMILES string of the molecule is CCOc1ccc(C(=CCSc2ccc(OCC(=O)O)cc2I)c2ccccc2)cc1. The first-order valence-corrected chi connectivity index (χ1v) is 11.9. The fourth-order valence-electron chi connectivity index (χ4n) is 2.97. The molecular formula is C25H23IO4S.